The summed E-state index contributed by atoms with van der Waals surface area (Å²) < 4.78 is 50.4. The first-order valence-corrected chi connectivity index (χ1v) is 12.1. The molecule has 1 aliphatic rings. The van der Waals surface area contributed by atoms with Crippen LogP contribution in [0.2, 0.25) is 0 Å². The lowest BCUT2D eigenvalue weighted by Crippen LogP contribution is -2.49. The second-order valence-corrected chi connectivity index (χ2v) is 11.7. The Hall–Kier alpha value is 0.200. The second-order valence-electron chi connectivity index (χ2n) is 4.63. The van der Waals surface area contributed by atoms with Gasteiger partial charge in [-0.2, -0.15) is 16.1 Å². The molecule has 0 N–H and O–H groups in total. The van der Waals surface area contributed by atoms with E-state index in [9.17, 15) is 16.8 Å². The molecule has 0 radical (unpaired) electrons. The Morgan fingerprint density at radius 3 is 2.67 bits per heavy atom. The van der Waals surface area contributed by atoms with Gasteiger partial charge < -0.3 is 0 Å². The fourth-order valence-electron chi connectivity index (χ4n) is 2.02. The summed E-state index contributed by atoms with van der Waals surface area (Å²) in [4.78, 5) is 0.880. The highest BCUT2D eigenvalue weighted by molar-refractivity contribution is 8.01. The quantitative estimate of drug-likeness (QED) is 0.716. The van der Waals surface area contributed by atoms with E-state index in [1.807, 2.05) is 0 Å². The standard InChI is InChI=1S/C11H16ClNO4S4/c1-20(14,15)10-8-18-7-6-13(10)21(16,17)11-3-2-9(19-11)4-5-12/h2-3,10H,4-8H2,1H3. The van der Waals surface area contributed by atoms with E-state index in [0.29, 0.717) is 18.1 Å². The summed E-state index contributed by atoms with van der Waals surface area (Å²) in [5.41, 5.74) is 0. The number of nitrogens with zero attached hydrogens (tertiary/aromatic N) is 1. The number of hydrogen-bond donors (Lipinski definition) is 0. The Kier molecular flexibility index (Phi) is 5.65. The molecular formula is C11H16ClNO4S4. The van der Waals surface area contributed by atoms with E-state index in [4.69, 9.17) is 11.6 Å². The number of alkyl halides is 1. The van der Waals surface area contributed by atoms with Crippen LogP contribution in [0.5, 0.6) is 0 Å². The molecular weight excluding hydrogens is 374 g/mol. The van der Waals surface area contributed by atoms with E-state index in [1.165, 1.54) is 17.8 Å². The normalized spacial score (nSPS) is 21.5. The van der Waals surface area contributed by atoms with Gasteiger partial charge in [-0.1, -0.05) is 0 Å². The molecule has 0 spiro atoms. The third-order valence-corrected chi connectivity index (χ3v) is 9.56. The minimum atomic E-state index is -3.78. The molecule has 2 rings (SSSR count). The zero-order valence-electron chi connectivity index (χ0n) is 11.4. The van der Waals surface area contributed by atoms with Crippen molar-refractivity contribution < 1.29 is 16.8 Å². The topological polar surface area (TPSA) is 71.5 Å². The molecule has 1 fully saturated rings. The van der Waals surface area contributed by atoms with Gasteiger partial charge in [-0.25, -0.2) is 16.8 Å². The summed E-state index contributed by atoms with van der Waals surface area (Å²) >= 11 is 8.27. The Bertz CT molecular complexity index is 698. The third-order valence-electron chi connectivity index (χ3n) is 3.07. The van der Waals surface area contributed by atoms with Crippen molar-refractivity contribution >= 4 is 54.6 Å². The smallest absolute Gasteiger partial charge is 0.227 e. The summed E-state index contributed by atoms with van der Waals surface area (Å²) in [7, 11) is -7.24. The molecule has 0 amide bonds. The van der Waals surface area contributed by atoms with Crippen LogP contribution in [0.25, 0.3) is 0 Å². The number of sulfonamides is 1. The molecule has 1 aliphatic heterocycles. The van der Waals surface area contributed by atoms with Crippen LogP contribution in [0.4, 0.5) is 0 Å². The molecule has 0 aliphatic carbocycles. The van der Waals surface area contributed by atoms with Crippen molar-refractivity contribution in [2.75, 3.05) is 30.2 Å². The van der Waals surface area contributed by atoms with Crippen molar-refractivity contribution in [3.05, 3.63) is 17.0 Å². The van der Waals surface area contributed by atoms with Gasteiger partial charge in [-0.15, -0.1) is 22.9 Å². The summed E-state index contributed by atoms with van der Waals surface area (Å²) in [6, 6.07) is 3.26. The molecule has 0 bridgehead atoms. The van der Waals surface area contributed by atoms with Crippen LogP contribution < -0.4 is 0 Å². The largest absolute Gasteiger partial charge is 0.253 e. The fourth-order valence-corrected chi connectivity index (χ4v) is 8.99. The average Bonchev–Trinajstić information content (AvgIpc) is 2.87. The number of sulfone groups is 1. The Labute approximate surface area is 138 Å². The number of halogens is 1. The molecule has 120 valence electrons. The van der Waals surface area contributed by atoms with Crippen LogP contribution in [-0.2, 0) is 26.3 Å². The molecule has 0 aromatic carbocycles. The zero-order valence-corrected chi connectivity index (χ0v) is 15.4. The highest BCUT2D eigenvalue weighted by atomic mass is 35.5. The molecule has 1 saturated heterocycles. The fraction of sp³-hybridized carbons (Fsp3) is 0.636. The summed E-state index contributed by atoms with van der Waals surface area (Å²) in [6.07, 6.45) is 1.69. The predicted molar refractivity (Wildman–Crippen MR) is 88.6 cm³/mol. The van der Waals surface area contributed by atoms with Crippen molar-refractivity contribution in [1.29, 1.82) is 0 Å². The summed E-state index contributed by atoms with van der Waals surface area (Å²) in [6.45, 7) is 0.216. The van der Waals surface area contributed by atoms with Gasteiger partial charge in [0, 0.05) is 35.1 Å². The van der Waals surface area contributed by atoms with Gasteiger partial charge in [0.05, 0.1) is 0 Å². The molecule has 1 unspecified atom stereocenters. The molecule has 1 aromatic heterocycles. The summed E-state index contributed by atoms with van der Waals surface area (Å²) in [5.74, 6) is 1.30. The van der Waals surface area contributed by atoms with Crippen LogP contribution in [0.15, 0.2) is 16.3 Å². The molecule has 10 heteroatoms. The van der Waals surface area contributed by atoms with Crippen molar-refractivity contribution in [2.24, 2.45) is 0 Å². The van der Waals surface area contributed by atoms with Crippen LogP contribution in [0.3, 0.4) is 0 Å². The number of hydrogen-bond acceptors (Lipinski definition) is 6. The highest BCUT2D eigenvalue weighted by Crippen LogP contribution is 2.31. The molecule has 2 heterocycles. The Balaban J connectivity index is 2.36. The van der Waals surface area contributed by atoms with E-state index >= 15 is 0 Å². The highest BCUT2D eigenvalue weighted by Gasteiger charge is 2.39. The van der Waals surface area contributed by atoms with Gasteiger partial charge in [0.25, 0.3) is 10.0 Å². The molecule has 21 heavy (non-hydrogen) atoms. The van der Waals surface area contributed by atoms with Crippen LogP contribution in [0.1, 0.15) is 4.88 Å². The van der Waals surface area contributed by atoms with Crippen LogP contribution in [0, 0.1) is 0 Å². The molecule has 5 nitrogen and oxygen atoms in total. The molecule has 0 saturated carbocycles. The zero-order chi connectivity index (χ0) is 15.7. The maximum atomic E-state index is 12.7. The first-order chi connectivity index (χ1) is 9.76. The number of aryl methyl sites for hydroxylation is 1. The third kappa shape index (κ3) is 3.94. The van der Waals surface area contributed by atoms with Gasteiger partial charge in [-0.05, 0) is 18.6 Å². The maximum Gasteiger partial charge on any atom is 0.253 e. The SMILES string of the molecule is CS(=O)(=O)C1CSCCN1S(=O)(=O)c1ccc(CCCl)s1. The summed E-state index contributed by atoms with van der Waals surface area (Å²) in [5, 5.41) is -0.986. The number of thiophene rings is 1. The van der Waals surface area contributed by atoms with E-state index in [-0.39, 0.29) is 16.5 Å². The molecule has 1 atom stereocenters. The van der Waals surface area contributed by atoms with Crippen molar-refractivity contribution in [3.63, 3.8) is 0 Å². The Morgan fingerprint density at radius 2 is 2.05 bits per heavy atom. The minimum absolute atomic E-state index is 0.183. The first kappa shape index (κ1) is 17.6. The monoisotopic (exact) mass is 389 g/mol. The lowest BCUT2D eigenvalue weighted by atomic mass is 10.4. The lowest BCUT2D eigenvalue weighted by molar-refractivity contribution is 0.406. The predicted octanol–water partition coefficient (Wildman–Crippen LogP) is 1.64. The van der Waals surface area contributed by atoms with Crippen molar-refractivity contribution in [3.8, 4) is 0 Å². The Morgan fingerprint density at radius 1 is 1.33 bits per heavy atom. The van der Waals surface area contributed by atoms with Crippen LogP contribution in [-0.4, -0.2) is 56.7 Å². The minimum Gasteiger partial charge on any atom is -0.227 e. The number of rotatable bonds is 5. The van der Waals surface area contributed by atoms with Gasteiger partial charge in [0.1, 0.15) is 9.58 Å². The van der Waals surface area contributed by atoms with Crippen molar-refractivity contribution in [2.45, 2.75) is 16.0 Å². The lowest BCUT2D eigenvalue weighted by Gasteiger charge is -2.32. The second kappa shape index (κ2) is 6.76. The van der Waals surface area contributed by atoms with Crippen molar-refractivity contribution in [1.82, 2.24) is 4.31 Å². The van der Waals surface area contributed by atoms with Gasteiger partial charge in [-0.3, -0.25) is 0 Å². The molecule has 1 aromatic rings. The maximum absolute atomic E-state index is 12.7. The van der Waals surface area contributed by atoms with E-state index < -0.39 is 25.2 Å². The first-order valence-electron chi connectivity index (χ1n) is 6.20. The van der Waals surface area contributed by atoms with Gasteiger partial charge >= 0.3 is 0 Å². The number of thioether (sulfide) groups is 1. The van der Waals surface area contributed by atoms with Crippen LogP contribution >= 0.6 is 34.7 Å². The van der Waals surface area contributed by atoms with Gasteiger partial charge in [0.15, 0.2) is 9.84 Å². The van der Waals surface area contributed by atoms with Gasteiger partial charge in [0.2, 0.25) is 0 Å². The van der Waals surface area contributed by atoms with E-state index in [1.54, 1.807) is 6.07 Å². The van der Waals surface area contributed by atoms with E-state index in [2.05, 4.69) is 0 Å². The van der Waals surface area contributed by atoms with E-state index in [0.717, 1.165) is 26.8 Å². The average molecular weight is 390 g/mol.